The highest BCUT2D eigenvalue weighted by molar-refractivity contribution is 5.90. The fourth-order valence-electron chi connectivity index (χ4n) is 2.94. The molecule has 28 heavy (non-hydrogen) atoms. The lowest BCUT2D eigenvalue weighted by molar-refractivity contribution is 0.309. The third-order valence-corrected chi connectivity index (χ3v) is 4.39. The molecule has 5 nitrogen and oxygen atoms in total. The van der Waals surface area contributed by atoms with E-state index < -0.39 is 0 Å². The van der Waals surface area contributed by atoms with Gasteiger partial charge in [0.05, 0.1) is 12.1 Å². The Hall–Kier alpha value is -3.54. The van der Waals surface area contributed by atoms with Crippen molar-refractivity contribution in [1.29, 1.82) is 0 Å². The Morgan fingerprint density at radius 1 is 0.964 bits per heavy atom. The molecule has 0 aliphatic carbocycles. The average Bonchev–Trinajstić information content (AvgIpc) is 2.75. The quantitative estimate of drug-likeness (QED) is 0.502. The van der Waals surface area contributed by atoms with Gasteiger partial charge < -0.3 is 9.64 Å². The molecule has 0 saturated carbocycles. The van der Waals surface area contributed by atoms with Gasteiger partial charge in [0.1, 0.15) is 12.4 Å². The topological polar surface area (TPSA) is 51.1 Å². The van der Waals surface area contributed by atoms with Crippen LogP contribution in [0.2, 0.25) is 0 Å². The fraction of sp³-hybridized carbons (Fsp3) is 0.136. The van der Waals surface area contributed by atoms with Crippen molar-refractivity contribution in [2.24, 2.45) is 0 Å². The standard InChI is InChI=1S/C22H19FN4O/c1-27(13-14-28-20-11-5-3-9-18(20)23)22-17-8-2-4-10-19(17)25-21(26-22)16-7-6-12-24-15-16/h2-12,15H,13-14H2,1H3. The summed E-state index contributed by atoms with van der Waals surface area (Å²) in [5.74, 6) is 1.29. The Labute approximate surface area is 162 Å². The Morgan fingerprint density at radius 2 is 1.79 bits per heavy atom. The maximum absolute atomic E-state index is 13.7. The first-order valence-corrected chi connectivity index (χ1v) is 8.98. The zero-order valence-electron chi connectivity index (χ0n) is 15.4. The Morgan fingerprint density at radius 3 is 2.61 bits per heavy atom. The lowest BCUT2D eigenvalue weighted by Crippen LogP contribution is -2.25. The molecule has 4 aromatic rings. The van der Waals surface area contributed by atoms with Gasteiger partial charge in [0.15, 0.2) is 17.4 Å². The van der Waals surface area contributed by atoms with Crippen LogP contribution in [-0.2, 0) is 0 Å². The van der Waals surface area contributed by atoms with Crippen molar-refractivity contribution < 1.29 is 9.13 Å². The molecule has 2 aromatic heterocycles. The van der Waals surface area contributed by atoms with Gasteiger partial charge in [-0.15, -0.1) is 0 Å². The Balaban J connectivity index is 1.60. The monoisotopic (exact) mass is 374 g/mol. The molecule has 0 radical (unpaired) electrons. The van der Waals surface area contributed by atoms with Gasteiger partial charge >= 0.3 is 0 Å². The van der Waals surface area contributed by atoms with E-state index in [-0.39, 0.29) is 11.6 Å². The lowest BCUT2D eigenvalue weighted by Gasteiger charge is -2.21. The van der Waals surface area contributed by atoms with Crippen LogP contribution in [0.4, 0.5) is 10.2 Å². The van der Waals surface area contributed by atoms with Gasteiger partial charge in [-0.25, -0.2) is 14.4 Å². The number of halogens is 1. The highest BCUT2D eigenvalue weighted by Crippen LogP contribution is 2.26. The molecular weight excluding hydrogens is 355 g/mol. The van der Waals surface area contributed by atoms with Crippen LogP contribution < -0.4 is 9.64 Å². The van der Waals surface area contributed by atoms with E-state index in [1.54, 1.807) is 30.6 Å². The summed E-state index contributed by atoms with van der Waals surface area (Å²) in [6.45, 7) is 0.875. The molecule has 0 N–H and O–H groups in total. The molecule has 2 aromatic carbocycles. The Bertz CT molecular complexity index is 1090. The van der Waals surface area contributed by atoms with E-state index >= 15 is 0 Å². The van der Waals surface area contributed by atoms with Crippen LogP contribution in [0.1, 0.15) is 0 Å². The van der Waals surface area contributed by atoms with E-state index in [2.05, 4.69) is 9.97 Å². The minimum absolute atomic E-state index is 0.250. The second-order valence-corrected chi connectivity index (χ2v) is 6.33. The number of hydrogen-bond acceptors (Lipinski definition) is 5. The molecule has 0 amide bonds. The van der Waals surface area contributed by atoms with Crippen molar-refractivity contribution in [2.75, 3.05) is 25.1 Å². The number of para-hydroxylation sites is 2. The van der Waals surface area contributed by atoms with E-state index in [1.165, 1.54) is 6.07 Å². The van der Waals surface area contributed by atoms with Gasteiger partial charge in [-0.1, -0.05) is 24.3 Å². The number of nitrogens with zero attached hydrogens (tertiary/aromatic N) is 4. The molecule has 2 heterocycles. The molecule has 0 unspecified atom stereocenters. The van der Waals surface area contributed by atoms with Crippen molar-refractivity contribution >= 4 is 16.7 Å². The van der Waals surface area contributed by atoms with Crippen LogP contribution in [0.25, 0.3) is 22.3 Å². The molecule has 0 aliphatic rings. The molecule has 0 saturated heterocycles. The molecule has 4 rings (SSSR count). The van der Waals surface area contributed by atoms with Crippen LogP contribution >= 0.6 is 0 Å². The number of anilines is 1. The second kappa shape index (κ2) is 8.00. The van der Waals surface area contributed by atoms with E-state index in [1.807, 2.05) is 48.3 Å². The van der Waals surface area contributed by atoms with Gasteiger partial charge in [-0.3, -0.25) is 4.98 Å². The average molecular weight is 374 g/mol. The minimum Gasteiger partial charge on any atom is -0.489 e. The number of aromatic nitrogens is 3. The predicted molar refractivity (Wildman–Crippen MR) is 108 cm³/mol. The van der Waals surface area contributed by atoms with Crippen molar-refractivity contribution in [2.45, 2.75) is 0 Å². The van der Waals surface area contributed by atoms with Crippen molar-refractivity contribution in [3.05, 3.63) is 78.9 Å². The van der Waals surface area contributed by atoms with Crippen LogP contribution in [0, 0.1) is 5.82 Å². The van der Waals surface area contributed by atoms with Gasteiger partial charge in [0, 0.05) is 30.4 Å². The summed E-state index contributed by atoms with van der Waals surface area (Å²) in [6, 6.07) is 18.1. The maximum Gasteiger partial charge on any atom is 0.165 e. The summed E-state index contributed by atoms with van der Waals surface area (Å²) in [4.78, 5) is 15.6. The third kappa shape index (κ3) is 3.76. The molecule has 0 atom stereocenters. The molecule has 0 spiro atoms. The highest BCUT2D eigenvalue weighted by atomic mass is 19.1. The van der Waals surface area contributed by atoms with Crippen molar-refractivity contribution in [1.82, 2.24) is 15.0 Å². The van der Waals surface area contributed by atoms with Crippen LogP contribution in [0.5, 0.6) is 5.75 Å². The van der Waals surface area contributed by atoms with Crippen LogP contribution in [-0.4, -0.2) is 35.2 Å². The zero-order chi connectivity index (χ0) is 19.3. The van der Waals surface area contributed by atoms with Gasteiger partial charge in [0.25, 0.3) is 0 Å². The van der Waals surface area contributed by atoms with Crippen LogP contribution in [0.15, 0.2) is 73.1 Å². The molecule has 6 heteroatoms. The number of benzene rings is 2. The second-order valence-electron chi connectivity index (χ2n) is 6.33. The van der Waals surface area contributed by atoms with E-state index in [4.69, 9.17) is 9.72 Å². The maximum atomic E-state index is 13.7. The summed E-state index contributed by atoms with van der Waals surface area (Å²) in [5, 5.41) is 0.948. The van der Waals surface area contributed by atoms with Gasteiger partial charge in [-0.05, 0) is 36.4 Å². The summed E-state index contributed by atoms with van der Waals surface area (Å²) >= 11 is 0. The van der Waals surface area contributed by atoms with Crippen molar-refractivity contribution in [3.63, 3.8) is 0 Å². The zero-order valence-corrected chi connectivity index (χ0v) is 15.4. The van der Waals surface area contributed by atoms with E-state index in [0.717, 1.165) is 22.3 Å². The molecule has 0 fully saturated rings. The summed E-state index contributed by atoms with van der Waals surface area (Å²) in [6.07, 6.45) is 3.47. The largest absolute Gasteiger partial charge is 0.489 e. The van der Waals surface area contributed by atoms with Crippen molar-refractivity contribution in [3.8, 4) is 17.1 Å². The van der Waals surface area contributed by atoms with E-state index in [9.17, 15) is 4.39 Å². The normalized spacial score (nSPS) is 10.8. The minimum atomic E-state index is -0.364. The first-order valence-electron chi connectivity index (χ1n) is 8.98. The highest BCUT2D eigenvalue weighted by Gasteiger charge is 2.13. The lowest BCUT2D eigenvalue weighted by atomic mass is 10.2. The number of likely N-dealkylation sites (N-methyl/N-ethyl adjacent to an activating group) is 1. The first kappa shape index (κ1) is 17.9. The van der Waals surface area contributed by atoms with Gasteiger partial charge in [-0.2, -0.15) is 0 Å². The molecule has 0 aliphatic heterocycles. The Kier molecular flexibility index (Phi) is 5.10. The van der Waals surface area contributed by atoms with Gasteiger partial charge in [0.2, 0.25) is 0 Å². The molecular formula is C22H19FN4O. The predicted octanol–water partition coefficient (Wildman–Crippen LogP) is 4.35. The molecule has 140 valence electrons. The third-order valence-electron chi connectivity index (χ3n) is 4.39. The number of pyridine rings is 1. The number of rotatable bonds is 6. The molecule has 0 bridgehead atoms. The number of fused-ring (bicyclic) bond motifs is 1. The fourth-order valence-corrected chi connectivity index (χ4v) is 2.94. The smallest absolute Gasteiger partial charge is 0.165 e. The summed E-state index contributed by atoms with van der Waals surface area (Å²) < 4.78 is 19.3. The number of ether oxygens (including phenoxy) is 1. The summed E-state index contributed by atoms with van der Waals surface area (Å²) in [7, 11) is 1.94. The van der Waals surface area contributed by atoms with E-state index in [0.29, 0.717) is 19.0 Å². The first-order chi connectivity index (χ1) is 13.7. The SMILES string of the molecule is CN(CCOc1ccccc1F)c1nc(-c2cccnc2)nc2ccccc12. The van der Waals surface area contributed by atoms with Crippen LogP contribution in [0.3, 0.4) is 0 Å². The number of hydrogen-bond donors (Lipinski definition) is 0. The summed E-state index contributed by atoms with van der Waals surface area (Å²) in [5.41, 5.74) is 1.71.